The number of nitrogens with one attached hydrogen (secondary N) is 1. The van der Waals surface area contributed by atoms with Crippen molar-refractivity contribution in [3.63, 3.8) is 0 Å². The van der Waals surface area contributed by atoms with Gasteiger partial charge in [0.1, 0.15) is 17.1 Å². The predicted octanol–water partition coefficient (Wildman–Crippen LogP) is 5.79. The van der Waals surface area contributed by atoms with E-state index in [-0.39, 0.29) is 0 Å². The second-order valence-corrected chi connectivity index (χ2v) is 9.98. The number of methoxy groups -OCH3 is 2. The van der Waals surface area contributed by atoms with E-state index in [4.69, 9.17) is 18.9 Å². The van der Waals surface area contributed by atoms with Gasteiger partial charge in [0.15, 0.2) is 6.23 Å². The monoisotopic (exact) mass is 487 g/mol. The van der Waals surface area contributed by atoms with Crippen molar-refractivity contribution >= 4 is 12.1 Å². The molecule has 0 bridgehead atoms. The molecule has 1 N–H and O–H groups in total. The number of alkyl carbamates (subject to hydrolysis) is 1. The number of alkyl halides is 1. The number of benzene rings is 1. The van der Waals surface area contributed by atoms with Crippen molar-refractivity contribution in [1.29, 1.82) is 0 Å². The Morgan fingerprint density at radius 1 is 1.03 bits per heavy atom. The Labute approximate surface area is 203 Å². The zero-order chi connectivity index (χ0) is 26.5. The second-order valence-electron chi connectivity index (χ2n) is 9.98. The van der Waals surface area contributed by atoms with Crippen LogP contribution >= 0.6 is 0 Å². The molecule has 0 saturated heterocycles. The van der Waals surface area contributed by atoms with Gasteiger partial charge in [0.25, 0.3) is 0 Å². The van der Waals surface area contributed by atoms with Crippen LogP contribution in [-0.4, -0.2) is 45.4 Å². The Bertz CT molecular complexity index is 755. The summed E-state index contributed by atoms with van der Waals surface area (Å²) in [4.78, 5) is 22.8. The van der Waals surface area contributed by atoms with Gasteiger partial charge >= 0.3 is 12.1 Å². The summed E-state index contributed by atoms with van der Waals surface area (Å²) >= 11 is 0. The highest BCUT2D eigenvalue weighted by Gasteiger charge is 2.24. The maximum atomic E-state index is 12.2. The van der Waals surface area contributed by atoms with E-state index in [1.165, 1.54) is 0 Å². The van der Waals surface area contributed by atoms with Crippen LogP contribution in [-0.2, 0) is 19.0 Å². The molecule has 0 aliphatic carbocycles. The highest BCUT2D eigenvalue weighted by molar-refractivity contribution is 5.75. The lowest BCUT2D eigenvalue weighted by Crippen LogP contribution is -2.36. The maximum Gasteiger partial charge on any atom is 0.409 e. The Hall–Kier alpha value is -2.55. The minimum Gasteiger partial charge on any atom is -0.497 e. The van der Waals surface area contributed by atoms with Crippen LogP contribution in [0.1, 0.15) is 73.6 Å². The predicted molar refractivity (Wildman–Crippen MR) is 129 cm³/mol. The first-order chi connectivity index (χ1) is 15.6. The molecule has 0 aliphatic rings. The van der Waals surface area contributed by atoms with Crippen LogP contribution in [0.2, 0.25) is 0 Å². The van der Waals surface area contributed by atoms with Crippen molar-refractivity contribution in [3.05, 3.63) is 23.8 Å². The molecule has 1 aromatic rings. The maximum absolute atomic E-state index is 12.2. The largest absolute Gasteiger partial charge is 0.497 e. The number of halogens is 1. The Kier molecular flexibility index (Phi) is 13.6. The molecule has 8 nitrogen and oxygen atoms in total. The molecule has 0 radical (unpaired) electrons. The van der Waals surface area contributed by atoms with E-state index < -0.39 is 36.2 Å². The van der Waals surface area contributed by atoms with Crippen molar-refractivity contribution in [2.24, 2.45) is 11.3 Å². The highest BCUT2D eigenvalue weighted by atomic mass is 19.1. The molecule has 0 aliphatic heterocycles. The smallest absolute Gasteiger partial charge is 0.409 e. The third kappa shape index (κ3) is 13.2. The molecule has 0 fully saturated rings. The molecule has 0 heterocycles. The van der Waals surface area contributed by atoms with E-state index in [1.807, 2.05) is 26.8 Å². The van der Waals surface area contributed by atoms with Crippen LogP contribution in [0, 0.1) is 11.3 Å². The van der Waals surface area contributed by atoms with Gasteiger partial charge in [0.2, 0.25) is 6.86 Å². The summed E-state index contributed by atoms with van der Waals surface area (Å²) in [6.07, 6.45) is -0.334. The molecule has 0 saturated carbocycles. The van der Waals surface area contributed by atoms with E-state index in [1.54, 1.807) is 47.1 Å². The summed E-state index contributed by atoms with van der Waals surface area (Å²) in [6, 6.07) is 5.37. The number of hydrogen-bond donors (Lipinski definition) is 1. The molecular weight excluding hydrogens is 445 g/mol. The number of carbonyl (C=O) groups is 2. The molecule has 1 unspecified atom stereocenters. The lowest BCUT2D eigenvalue weighted by molar-refractivity contribution is -0.157. The van der Waals surface area contributed by atoms with E-state index in [9.17, 15) is 14.0 Å². The van der Waals surface area contributed by atoms with Crippen LogP contribution in [0.25, 0.3) is 0 Å². The van der Waals surface area contributed by atoms with Crippen molar-refractivity contribution in [3.8, 4) is 11.5 Å². The van der Waals surface area contributed by atoms with Crippen LogP contribution in [0.15, 0.2) is 18.2 Å². The summed E-state index contributed by atoms with van der Waals surface area (Å²) < 4.78 is 37.3. The summed E-state index contributed by atoms with van der Waals surface area (Å²) in [5.41, 5.74) is -0.472. The average Bonchev–Trinajstić information content (AvgIpc) is 2.71. The van der Waals surface area contributed by atoms with E-state index >= 15 is 0 Å². The summed E-state index contributed by atoms with van der Waals surface area (Å²) in [5.74, 6) is 1.23. The van der Waals surface area contributed by atoms with Gasteiger partial charge in [-0.25, -0.2) is 9.18 Å². The molecule has 1 rings (SSSR count). The fourth-order valence-electron chi connectivity index (χ4n) is 2.35. The van der Waals surface area contributed by atoms with Crippen LogP contribution in [0.3, 0.4) is 0 Å². The van der Waals surface area contributed by atoms with Gasteiger partial charge in [-0.2, -0.15) is 0 Å². The number of rotatable bonds is 9. The van der Waals surface area contributed by atoms with Gasteiger partial charge in [-0.05, 0) is 66.0 Å². The molecule has 1 aromatic carbocycles. The first-order valence-corrected chi connectivity index (χ1v) is 11.2. The lowest BCUT2D eigenvalue weighted by Gasteiger charge is -2.25. The van der Waals surface area contributed by atoms with Crippen LogP contribution in [0.4, 0.5) is 9.18 Å². The Morgan fingerprint density at radius 3 is 2.06 bits per heavy atom. The van der Waals surface area contributed by atoms with Gasteiger partial charge in [-0.1, -0.05) is 13.8 Å². The first-order valence-electron chi connectivity index (χ1n) is 11.2. The number of hydrogen-bond acceptors (Lipinski definition) is 7. The minimum atomic E-state index is -1.03. The van der Waals surface area contributed by atoms with Gasteiger partial charge in [-0.3, -0.25) is 10.1 Å². The molecule has 0 aromatic heterocycles. The third-order valence-corrected chi connectivity index (χ3v) is 4.15. The van der Waals surface area contributed by atoms with Crippen molar-refractivity contribution in [2.75, 3.05) is 27.7 Å². The normalized spacial score (nSPS) is 12.2. The van der Waals surface area contributed by atoms with Gasteiger partial charge in [0, 0.05) is 18.2 Å². The molecule has 1 atom stereocenters. The minimum absolute atomic E-state index is 0.500. The standard InChI is InChI=1S/C19H31NO5.C6H11FO2/c1-13(2)10-11-24-17(20-18(21)25-19(3,4)5)15-9-8-14(22-6)12-16(15)23-7;1-6(2,3)5(8)9-4-7/h8-9,12-13,17H,10-11H2,1-7H3,(H,20,21);4H2,1-3H3. The molecule has 34 heavy (non-hydrogen) atoms. The van der Waals surface area contributed by atoms with E-state index in [0.29, 0.717) is 29.6 Å². The lowest BCUT2D eigenvalue weighted by atomic mass is 9.98. The molecule has 1 amide bonds. The van der Waals surface area contributed by atoms with Crippen LogP contribution in [0.5, 0.6) is 11.5 Å². The average molecular weight is 488 g/mol. The Balaban J connectivity index is 0.00000102. The molecule has 0 spiro atoms. The highest BCUT2D eigenvalue weighted by Crippen LogP contribution is 2.30. The summed E-state index contributed by atoms with van der Waals surface area (Å²) in [7, 11) is 3.15. The van der Waals surface area contributed by atoms with Crippen molar-refractivity contribution in [2.45, 2.75) is 73.6 Å². The molecule has 9 heteroatoms. The van der Waals surface area contributed by atoms with Gasteiger partial charge in [-0.15, -0.1) is 0 Å². The topological polar surface area (TPSA) is 92.3 Å². The third-order valence-electron chi connectivity index (χ3n) is 4.15. The first kappa shape index (κ1) is 31.4. The number of esters is 1. The fourth-order valence-corrected chi connectivity index (χ4v) is 2.35. The van der Waals surface area contributed by atoms with Crippen molar-refractivity contribution in [1.82, 2.24) is 5.32 Å². The van der Waals surface area contributed by atoms with Gasteiger partial charge < -0.3 is 23.7 Å². The quantitative estimate of drug-likeness (QED) is 0.348. The molecular formula is C25H42FNO7. The Morgan fingerprint density at radius 2 is 1.65 bits per heavy atom. The summed E-state index contributed by atoms with van der Waals surface area (Å²) in [5, 5.41) is 2.77. The van der Waals surface area contributed by atoms with Crippen LogP contribution < -0.4 is 14.8 Å². The van der Waals surface area contributed by atoms with E-state index in [0.717, 1.165) is 6.42 Å². The number of carbonyl (C=O) groups excluding carboxylic acids is 2. The van der Waals surface area contributed by atoms with Crippen molar-refractivity contribution < 1.29 is 37.7 Å². The zero-order valence-electron chi connectivity index (χ0n) is 22.2. The second kappa shape index (κ2) is 14.7. The molecule has 196 valence electrons. The van der Waals surface area contributed by atoms with Gasteiger partial charge in [0.05, 0.1) is 19.6 Å². The fraction of sp³-hybridized carbons (Fsp3) is 0.680. The number of ether oxygens (including phenoxy) is 5. The number of amides is 1. The SMILES string of the molecule is CC(C)(C)C(=O)OCF.COc1ccc(C(NC(=O)OC(C)(C)C)OCCC(C)C)c(OC)c1. The summed E-state index contributed by atoms with van der Waals surface area (Å²) in [6.45, 7) is 14.2. The zero-order valence-corrected chi connectivity index (χ0v) is 22.2. The van der Waals surface area contributed by atoms with E-state index in [2.05, 4.69) is 23.9 Å².